The monoisotopic (exact) mass is 307 g/mol. The molecule has 3 heteroatoms. The van der Waals surface area contributed by atoms with Crippen molar-refractivity contribution in [2.24, 2.45) is 0 Å². The molecule has 0 amide bonds. The summed E-state index contributed by atoms with van der Waals surface area (Å²) >= 11 is 1.57. The molecule has 88 valence electrons. The molecule has 0 aliphatic heterocycles. The molecule has 0 atom stereocenters. The first kappa shape index (κ1) is 14.0. The molecule has 0 spiro atoms. The minimum atomic E-state index is 0. The molecule has 0 saturated carbocycles. The third kappa shape index (κ3) is 4.36. The van der Waals surface area contributed by atoms with Gasteiger partial charge in [-0.3, -0.25) is 5.41 Å². The van der Waals surface area contributed by atoms with Crippen molar-refractivity contribution < 1.29 is 0 Å². The van der Waals surface area contributed by atoms with Crippen molar-refractivity contribution in [3.63, 3.8) is 0 Å². The highest BCUT2D eigenvalue weighted by Crippen LogP contribution is 2.17. The Morgan fingerprint density at radius 3 is 2.00 bits per heavy atom. The fraction of sp³-hybridized carbons (Fsp3) is 0.0714. The smallest absolute Gasteiger partial charge is 0.0945 e. The van der Waals surface area contributed by atoms with Crippen LogP contribution in [0.3, 0.4) is 0 Å². The van der Waals surface area contributed by atoms with Crippen molar-refractivity contribution in [1.82, 2.24) is 0 Å². The molecule has 2 aromatic rings. The van der Waals surface area contributed by atoms with Gasteiger partial charge >= 0.3 is 0 Å². The summed E-state index contributed by atoms with van der Waals surface area (Å²) in [5, 5.41) is 8.57. The van der Waals surface area contributed by atoms with Crippen molar-refractivity contribution in [3.05, 3.63) is 71.8 Å². The van der Waals surface area contributed by atoms with Crippen LogP contribution in [0.1, 0.15) is 11.1 Å². The van der Waals surface area contributed by atoms with E-state index in [-0.39, 0.29) is 17.0 Å². The van der Waals surface area contributed by atoms with E-state index in [1.54, 1.807) is 11.8 Å². The maximum absolute atomic E-state index is 7.94. The van der Waals surface area contributed by atoms with Crippen LogP contribution in [0.5, 0.6) is 0 Å². The molecule has 0 heterocycles. The van der Waals surface area contributed by atoms with E-state index in [9.17, 15) is 0 Å². The molecule has 17 heavy (non-hydrogen) atoms. The van der Waals surface area contributed by atoms with Crippen LogP contribution in [0.15, 0.2) is 60.7 Å². The summed E-state index contributed by atoms with van der Waals surface area (Å²) in [4.78, 5) is 0. The normalized spacial score (nSPS) is 9.41. The molecular weight excluding hydrogens is 294 g/mol. The first-order chi connectivity index (χ1) is 7.86. The molecule has 0 unspecified atom stereocenters. The molecule has 0 radical (unpaired) electrons. The lowest BCUT2D eigenvalue weighted by Gasteiger charge is -2.03. The number of hydrogen-bond acceptors (Lipinski definition) is 2. The van der Waals surface area contributed by atoms with E-state index in [2.05, 4.69) is 12.1 Å². The number of rotatable bonds is 3. The van der Waals surface area contributed by atoms with Crippen LogP contribution < -0.4 is 0 Å². The van der Waals surface area contributed by atoms with Gasteiger partial charge in [-0.2, -0.15) is 0 Å². The predicted octanol–water partition coefficient (Wildman–Crippen LogP) is 4.52. The molecule has 1 nitrogen and oxygen atoms in total. The van der Waals surface area contributed by atoms with Crippen LogP contribution in [0.4, 0.5) is 0 Å². The van der Waals surface area contributed by atoms with Gasteiger partial charge in [0, 0.05) is 11.3 Å². The summed E-state index contributed by atoms with van der Waals surface area (Å²) in [6.07, 6.45) is 0. The van der Waals surface area contributed by atoms with E-state index < -0.39 is 0 Å². The van der Waals surface area contributed by atoms with Gasteiger partial charge in [0.1, 0.15) is 0 Å². The summed E-state index contributed by atoms with van der Waals surface area (Å²) < 4.78 is 0. The predicted molar refractivity (Wildman–Crippen MR) is 81.3 cm³/mol. The number of hydrogen-bond donors (Lipinski definition) is 1. The Hall–Kier alpha value is -1.06. The molecule has 0 saturated heterocycles. The molecule has 1 N–H and O–H groups in total. The summed E-state index contributed by atoms with van der Waals surface area (Å²) in [5.74, 6) is 0.856. The largest absolute Gasteiger partial charge is 0.293 e. The fourth-order valence-electron chi connectivity index (χ4n) is 1.40. The Kier molecular flexibility index (Phi) is 6.01. The number of nitrogens with one attached hydrogen (secondary N) is 1. The Balaban J connectivity index is 0.00000144. The van der Waals surface area contributed by atoms with Gasteiger partial charge in [-0.05, 0) is 5.56 Å². The quantitative estimate of drug-likeness (QED) is 0.654. The van der Waals surface area contributed by atoms with Crippen LogP contribution >= 0.6 is 28.7 Å². The first-order valence-electron chi connectivity index (χ1n) is 5.17. The van der Waals surface area contributed by atoms with Crippen molar-refractivity contribution in [3.8, 4) is 0 Å². The van der Waals surface area contributed by atoms with Gasteiger partial charge in [0.05, 0.1) is 5.04 Å². The Bertz CT molecular complexity index is 456. The average Bonchev–Trinajstić information content (AvgIpc) is 2.38. The summed E-state index contributed by atoms with van der Waals surface area (Å²) in [6.45, 7) is 0. The van der Waals surface area contributed by atoms with Crippen LogP contribution in [-0.2, 0) is 5.75 Å². The standard InChI is InChI=1S/C14H13NS.BrH/c15-14(13-9-5-2-6-10-13)16-11-12-7-3-1-4-8-12;/h1-10,15H,11H2;1H. The van der Waals surface area contributed by atoms with Crippen LogP contribution in [-0.4, -0.2) is 5.04 Å². The molecule has 0 aliphatic rings. The highest BCUT2D eigenvalue weighted by molar-refractivity contribution is 8.93. The van der Waals surface area contributed by atoms with Gasteiger partial charge in [0.15, 0.2) is 0 Å². The Morgan fingerprint density at radius 1 is 0.882 bits per heavy atom. The first-order valence-corrected chi connectivity index (χ1v) is 6.15. The highest BCUT2D eigenvalue weighted by Gasteiger charge is 2.01. The van der Waals surface area contributed by atoms with Gasteiger partial charge in [-0.1, -0.05) is 60.7 Å². The second kappa shape index (κ2) is 7.30. The lowest BCUT2D eigenvalue weighted by Crippen LogP contribution is -1.93. The van der Waals surface area contributed by atoms with Gasteiger partial charge < -0.3 is 0 Å². The molecule has 2 rings (SSSR count). The summed E-state index contributed by atoms with van der Waals surface area (Å²) in [6, 6.07) is 20.1. The molecule has 0 bridgehead atoms. The minimum Gasteiger partial charge on any atom is -0.293 e. The van der Waals surface area contributed by atoms with Crippen molar-refractivity contribution in [2.45, 2.75) is 5.75 Å². The van der Waals surface area contributed by atoms with Crippen molar-refractivity contribution >= 4 is 33.8 Å². The molecule has 0 fully saturated rings. The molecular formula is C14H14BrNS. The SMILES string of the molecule is Br.N=C(SCc1ccccc1)c1ccccc1. The zero-order chi connectivity index (χ0) is 11.2. The second-order valence-corrected chi connectivity index (χ2v) is 4.46. The van der Waals surface area contributed by atoms with Gasteiger partial charge in [0.25, 0.3) is 0 Å². The van der Waals surface area contributed by atoms with E-state index in [1.807, 2.05) is 48.5 Å². The summed E-state index contributed by atoms with van der Waals surface area (Å²) in [7, 11) is 0. The summed E-state index contributed by atoms with van der Waals surface area (Å²) in [5.41, 5.74) is 2.25. The number of thioether (sulfide) groups is 1. The van der Waals surface area contributed by atoms with Crippen LogP contribution in [0, 0.1) is 5.41 Å². The van der Waals surface area contributed by atoms with Gasteiger partial charge in [-0.15, -0.1) is 28.7 Å². The zero-order valence-corrected chi connectivity index (χ0v) is 11.8. The van der Waals surface area contributed by atoms with E-state index >= 15 is 0 Å². The lowest BCUT2D eigenvalue weighted by molar-refractivity contribution is 1.42. The van der Waals surface area contributed by atoms with Crippen molar-refractivity contribution in [1.29, 1.82) is 5.41 Å². The number of benzene rings is 2. The van der Waals surface area contributed by atoms with E-state index in [1.165, 1.54) is 5.56 Å². The van der Waals surface area contributed by atoms with Gasteiger partial charge in [0.2, 0.25) is 0 Å². The van der Waals surface area contributed by atoms with Crippen molar-refractivity contribution in [2.75, 3.05) is 0 Å². The maximum Gasteiger partial charge on any atom is 0.0945 e. The lowest BCUT2D eigenvalue weighted by atomic mass is 10.2. The van der Waals surface area contributed by atoms with Crippen LogP contribution in [0.25, 0.3) is 0 Å². The third-order valence-electron chi connectivity index (χ3n) is 2.26. The van der Waals surface area contributed by atoms with Crippen LogP contribution in [0.2, 0.25) is 0 Å². The molecule has 2 aromatic carbocycles. The zero-order valence-electron chi connectivity index (χ0n) is 9.30. The Labute approximate surface area is 117 Å². The average molecular weight is 308 g/mol. The minimum absolute atomic E-state index is 0. The maximum atomic E-state index is 7.94. The second-order valence-electron chi connectivity index (χ2n) is 3.47. The molecule has 0 aromatic heterocycles. The topological polar surface area (TPSA) is 23.9 Å². The van der Waals surface area contributed by atoms with E-state index in [0.29, 0.717) is 5.04 Å². The number of halogens is 1. The van der Waals surface area contributed by atoms with E-state index in [4.69, 9.17) is 5.41 Å². The third-order valence-corrected chi connectivity index (χ3v) is 3.26. The van der Waals surface area contributed by atoms with Gasteiger partial charge in [-0.25, -0.2) is 0 Å². The Morgan fingerprint density at radius 2 is 1.41 bits per heavy atom. The fourth-order valence-corrected chi connectivity index (χ4v) is 2.21. The van der Waals surface area contributed by atoms with E-state index in [0.717, 1.165) is 11.3 Å². The highest BCUT2D eigenvalue weighted by atomic mass is 79.9. The molecule has 0 aliphatic carbocycles.